The number of benzene rings is 1. The third kappa shape index (κ3) is 7.74. The lowest BCUT2D eigenvalue weighted by Crippen LogP contribution is -2.44. The number of guanidine groups is 1. The van der Waals surface area contributed by atoms with E-state index in [2.05, 4.69) is 51.8 Å². The van der Waals surface area contributed by atoms with E-state index in [1.807, 2.05) is 20.2 Å². The van der Waals surface area contributed by atoms with Gasteiger partial charge in [-0.05, 0) is 50.3 Å². The van der Waals surface area contributed by atoms with Crippen LogP contribution < -0.4 is 10.6 Å². The highest BCUT2D eigenvalue weighted by molar-refractivity contribution is 14.0. The van der Waals surface area contributed by atoms with Crippen LogP contribution in [0.1, 0.15) is 50.3 Å². The smallest absolute Gasteiger partial charge is 0.191 e. The van der Waals surface area contributed by atoms with Crippen molar-refractivity contribution in [1.29, 1.82) is 0 Å². The summed E-state index contributed by atoms with van der Waals surface area (Å²) in [6, 6.07) is 8.59. The summed E-state index contributed by atoms with van der Waals surface area (Å²) in [6.45, 7) is 11.2. The molecule has 8 heteroatoms. The van der Waals surface area contributed by atoms with Gasteiger partial charge in [0.2, 0.25) is 0 Å². The predicted octanol–water partition coefficient (Wildman–Crippen LogP) is 3.23. The molecule has 1 aliphatic heterocycles. The maximum absolute atomic E-state index is 10.8. The van der Waals surface area contributed by atoms with Gasteiger partial charge in [0.05, 0.1) is 19.3 Å². The Hall–Kier alpha value is -1.65. The zero-order valence-corrected chi connectivity index (χ0v) is 22.2. The fourth-order valence-electron chi connectivity index (χ4n) is 4.10. The van der Waals surface area contributed by atoms with Gasteiger partial charge in [0.25, 0.3) is 0 Å². The lowest BCUT2D eigenvalue weighted by molar-refractivity contribution is 0.0616. The van der Waals surface area contributed by atoms with Crippen molar-refractivity contribution in [3.8, 4) is 0 Å². The highest BCUT2D eigenvalue weighted by Crippen LogP contribution is 2.20. The van der Waals surface area contributed by atoms with Crippen molar-refractivity contribution >= 4 is 29.9 Å². The zero-order chi connectivity index (χ0) is 22.3. The molecule has 0 aliphatic carbocycles. The molecule has 0 bridgehead atoms. The third-order valence-electron chi connectivity index (χ3n) is 5.93. The molecule has 0 amide bonds. The van der Waals surface area contributed by atoms with E-state index in [-0.39, 0.29) is 24.0 Å². The molecule has 32 heavy (non-hydrogen) atoms. The monoisotopic (exact) mass is 554 g/mol. The Morgan fingerprint density at radius 1 is 1.28 bits per heavy atom. The minimum atomic E-state index is -1.03. The summed E-state index contributed by atoms with van der Waals surface area (Å²) in [7, 11) is 1.85. The molecular formula is C24H39IN6O. The second-order valence-corrected chi connectivity index (χ2v) is 8.98. The van der Waals surface area contributed by atoms with Crippen LogP contribution in [0.5, 0.6) is 0 Å². The molecule has 2 atom stereocenters. The number of aryl methyl sites for hydroxylation is 1. The van der Waals surface area contributed by atoms with Crippen molar-refractivity contribution in [3.05, 3.63) is 53.3 Å². The summed E-state index contributed by atoms with van der Waals surface area (Å²) in [5.74, 6) is 1.48. The number of aromatic nitrogens is 2. The van der Waals surface area contributed by atoms with E-state index in [9.17, 15) is 5.11 Å². The molecule has 7 nitrogen and oxygen atoms in total. The molecule has 1 aromatic heterocycles. The Labute approximate surface area is 209 Å². The Morgan fingerprint density at radius 2 is 2.03 bits per heavy atom. The molecule has 3 N–H and O–H groups in total. The van der Waals surface area contributed by atoms with Crippen LogP contribution in [0.25, 0.3) is 0 Å². The molecule has 1 fully saturated rings. The first kappa shape index (κ1) is 26.6. The number of nitrogens with zero attached hydrogens (tertiary/aromatic N) is 4. The first-order valence-electron chi connectivity index (χ1n) is 11.4. The van der Waals surface area contributed by atoms with E-state index in [0.29, 0.717) is 19.0 Å². The molecule has 1 saturated heterocycles. The first-order chi connectivity index (χ1) is 14.9. The molecule has 1 aromatic carbocycles. The Balaban J connectivity index is 0.00000363. The Bertz CT molecular complexity index is 866. The van der Waals surface area contributed by atoms with Crippen LogP contribution in [0, 0.1) is 5.92 Å². The van der Waals surface area contributed by atoms with Crippen molar-refractivity contribution in [2.75, 3.05) is 26.2 Å². The van der Waals surface area contributed by atoms with Gasteiger partial charge >= 0.3 is 0 Å². The van der Waals surface area contributed by atoms with Gasteiger partial charge in [-0.3, -0.25) is 9.58 Å². The zero-order valence-electron chi connectivity index (χ0n) is 19.8. The van der Waals surface area contributed by atoms with Crippen LogP contribution in [0.15, 0.2) is 41.7 Å². The quantitative estimate of drug-likeness (QED) is 0.266. The highest BCUT2D eigenvalue weighted by Gasteiger charge is 2.25. The van der Waals surface area contributed by atoms with Crippen molar-refractivity contribution in [3.63, 3.8) is 0 Å². The maximum Gasteiger partial charge on any atom is 0.191 e. The van der Waals surface area contributed by atoms with Gasteiger partial charge in [-0.25, -0.2) is 4.99 Å². The SMILES string of the molecule is CCNC(=NCc1ccccc1CN1CCCC(C)C1)NCC(C)(O)c1cnn(C)c1.I. The molecule has 2 aromatic rings. The summed E-state index contributed by atoms with van der Waals surface area (Å²) in [5, 5.41) is 21.6. The van der Waals surface area contributed by atoms with Crippen LogP contribution in [0.4, 0.5) is 0 Å². The highest BCUT2D eigenvalue weighted by atomic mass is 127. The van der Waals surface area contributed by atoms with E-state index in [1.165, 1.54) is 37.1 Å². The van der Waals surface area contributed by atoms with Gasteiger partial charge in [0.1, 0.15) is 5.60 Å². The van der Waals surface area contributed by atoms with E-state index < -0.39 is 5.60 Å². The number of rotatable bonds is 8. The van der Waals surface area contributed by atoms with Gasteiger partial charge in [-0.2, -0.15) is 5.10 Å². The molecule has 2 unspecified atom stereocenters. The molecule has 2 heterocycles. The van der Waals surface area contributed by atoms with Crippen LogP contribution in [-0.2, 0) is 25.7 Å². The van der Waals surface area contributed by atoms with Crippen molar-refractivity contribution in [2.45, 2.75) is 52.3 Å². The summed E-state index contributed by atoms with van der Waals surface area (Å²) in [6.07, 6.45) is 6.16. The fraction of sp³-hybridized carbons (Fsp3) is 0.583. The van der Waals surface area contributed by atoms with Crippen molar-refractivity contribution < 1.29 is 5.11 Å². The molecule has 3 rings (SSSR count). The number of hydrogen-bond acceptors (Lipinski definition) is 4. The Kier molecular flexibility index (Phi) is 10.4. The van der Waals surface area contributed by atoms with Gasteiger partial charge in [0.15, 0.2) is 5.96 Å². The number of nitrogens with one attached hydrogen (secondary N) is 2. The molecule has 178 valence electrons. The normalized spacial score (nSPS) is 19.2. The number of hydrogen-bond donors (Lipinski definition) is 3. The number of likely N-dealkylation sites (tertiary alicyclic amines) is 1. The second kappa shape index (κ2) is 12.6. The van der Waals surface area contributed by atoms with E-state index in [1.54, 1.807) is 17.8 Å². The number of aliphatic hydroxyl groups is 1. The molecular weight excluding hydrogens is 515 g/mol. The predicted molar refractivity (Wildman–Crippen MR) is 141 cm³/mol. The second-order valence-electron chi connectivity index (χ2n) is 8.98. The lowest BCUT2D eigenvalue weighted by Gasteiger charge is -2.31. The van der Waals surface area contributed by atoms with E-state index in [4.69, 9.17) is 4.99 Å². The molecule has 0 spiro atoms. The minimum absolute atomic E-state index is 0. The topological polar surface area (TPSA) is 77.7 Å². The number of halogens is 1. The minimum Gasteiger partial charge on any atom is -0.383 e. The summed E-state index contributed by atoms with van der Waals surface area (Å²) >= 11 is 0. The van der Waals surface area contributed by atoms with Crippen LogP contribution in [-0.4, -0.2) is 51.9 Å². The molecule has 1 aliphatic rings. The summed E-state index contributed by atoms with van der Waals surface area (Å²) < 4.78 is 1.70. The third-order valence-corrected chi connectivity index (χ3v) is 5.93. The average Bonchev–Trinajstić information content (AvgIpc) is 3.18. The maximum atomic E-state index is 10.8. The van der Waals surface area contributed by atoms with Gasteiger partial charge in [-0.15, -0.1) is 24.0 Å². The first-order valence-corrected chi connectivity index (χ1v) is 11.4. The summed E-state index contributed by atoms with van der Waals surface area (Å²) in [4.78, 5) is 7.36. The van der Waals surface area contributed by atoms with Crippen LogP contribution in [0.3, 0.4) is 0 Å². The van der Waals surface area contributed by atoms with Crippen LogP contribution >= 0.6 is 24.0 Å². The standard InChI is InChI=1S/C24H38N6O.HI/c1-5-25-23(27-18-24(3,31)22-14-28-29(4)17-22)26-13-20-10-6-7-11-21(20)16-30-12-8-9-19(2)15-30;/h6-7,10-11,14,17,19,31H,5,8-9,12-13,15-16,18H2,1-4H3,(H2,25,26,27);1H. The molecule has 0 radical (unpaired) electrons. The molecule has 0 saturated carbocycles. The van der Waals surface area contributed by atoms with Crippen LogP contribution in [0.2, 0.25) is 0 Å². The largest absolute Gasteiger partial charge is 0.383 e. The number of piperidine rings is 1. The van der Waals surface area contributed by atoms with Crippen molar-refractivity contribution in [1.82, 2.24) is 25.3 Å². The lowest BCUT2D eigenvalue weighted by atomic mass is 9.99. The average molecular weight is 555 g/mol. The van der Waals surface area contributed by atoms with Gasteiger partial charge in [-0.1, -0.05) is 31.2 Å². The van der Waals surface area contributed by atoms with Gasteiger partial charge < -0.3 is 15.7 Å². The fourth-order valence-corrected chi connectivity index (χ4v) is 4.10. The van der Waals surface area contributed by atoms with E-state index >= 15 is 0 Å². The number of aliphatic imine (C=N–C) groups is 1. The van der Waals surface area contributed by atoms with Crippen molar-refractivity contribution in [2.24, 2.45) is 18.0 Å². The van der Waals surface area contributed by atoms with Gasteiger partial charge in [0, 0.05) is 38.4 Å². The van der Waals surface area contributed by atoms with E-state index in [0.717, 1.165) is 24.6 Å². The Morgan fingerprint density at radius 3 is 2.69 bits per heavy atom. The summed E-state index contributed by atoms with van der Waals surface area (Å²) in [5.41, 5.74) is 2.34.